The number of rotatable bonds is 1. The summed E-state index contributed by atoms with van der Waals surface area (Å²) in [6, 6.07) is 8.31. The molecule has 0 saturated heterocycles. The first-order valence-electron chi connectivity index (χ1n) is 5.96. The lowest BCUT2D eigenvalue weighted by Crippen LogP contribution is -2.43. The largest absolute Gasteiger partial charge is 0.321 e. The van der Waals surface area contributed by atoms with Crippen LogP contribution in [-0.2, 0) is 5.54 Å². The second-order valence-electron chi connectivity index (χ2n) is 5.44. The summed E-state index contributed by atoms with van der Waals surface area (Å²) in [6.45, 7) is 3.74. The van der Waals surface area contributed by atoms with Gasteiger partial charge in [-0.05, 0) is 45.1 Å². The maximum Gasteiger partial charge on any atom is 0.108 e. The van der Waals surface area contributed by atoms with Gasteiger partial charge < -0.3 is 5.73 Å². The van der Waals surface area contributed by atoms with Crippen molar-refractivity contribution in [2.75, 3.05) is 0 Å². The Labute approximate surface area is 96.9 Å². The minimum absolute atomic E-state index is 0.320. The molecule has 1 saturated carbocycles. The molecule has 0 amide bonds. The highest BCUT2D eigenvalue weighted by atomic mass is 19.1. The average Bonchev–Trinajstić information content (AvgIpc) is 2.24. The van der Waals surface area contributed by atoms with Gasteiger partial charge in [0.15, 0.2) is 0 Å². The molecule has 0 atom stereocenters. The van der Waals surface area contributed by atoms with Crippen LogP contribution in [0.1, 0.15) is 43.7 Å². The number of hydrogen-bond acceptors (Lipinski definition) is 1. The summed E-state index contributed by atoms with van der Waals surface area (Å²) in [5.41, 5.74) is 7.43. The third kappa shape index (κ3) is 2.27. The Morgan fingerprint density at radius 3 is 2.06 bits per heavy atom. The summed E-state index contributed by atoms with van der Waals surface area (Å²) in [4.78, 5) is 0. The number of alkyl halides is 1. The van der Waals surface area contributed by atoms with Gasteiger partial charge in [0.1, 0.15) is 5.67 Å². The van der Waals surface area contributed by atoms with E-state index >= 15 is 0 Å². The van der Waals surface area contributed by atoms with Crippen LogP contribution in [0.3, 0.4) is 0 Å². The Balaban J connectivity index is 2.18. The van der Waals surface area contributed by atoms with Gasteiger partial charge in [-0.25, -0.2) is 4.39 Å². The standard InChI is InChI=1S/C14H20FN/c1-11-3-5-12(6-4-11)14(16)9-7-13(2,15)8-10-14/h3-6H,7-10,16H2,1-2H3. The maximum atomic E-state index is 13.7. The number of hydrogen-bond donors (Lipinski definition) is 1. The molecule has 2 heteroatoms. The second-order valence-corrected chi connectivity index (χ2v) is 5.44. The van der Waals surface area contributed by atoms with Gasteiger partial charge >= 0.3 is 0 Å². The van der Waals surface area contributed by atoms with Crippen molar-refractivity contribution < 1.29 is 4.39 Å². The average molecular weight is 221 g/mol. The third-order valence-corrected chi connectivity index (χ3v) is 3.81. The van der Waals surface area contributed by atoms with Crippen molar-refractivity contribution in [3.8, 4) is 0 Å². The van der Waals surface area contributed by atoms with E-state index in [9.17, 15) is 4.39 Å². The molecule has 0 radical (unpaired) electrons. The summed E-state index contributed by atoms with van der Waals surface area (Å²) in [7, 11) is 0. The normalized spacial score (nSPS) is 35.0. The molecule has 0 aromatic heterocycles. The molecule has 1 fully saturated rings. The van der Waals surface area contributed by atoms with E-state index in [4.69, 9.17) is 5.73 Å². The van der Waals surface area contributed by atoms with Crippen molar-refractivity contribution in [3.05, 3.63) is 35.4 Å². The Morgan fingerprint density at radius 2 is 1.56 bits per heavy atom. The molecule has 1 aliphatic rings. The summed E-state index contributed by atoms with van der Waals surface area (Å²) in [5, 5.41) is 0. The fourth-order valence-electron chi connectivity index (χ4n) is 2.39. The van der Waals surface area contributed by atoms with Gasteiger partial charge in [0, 0.05) is 5.54 Å². The highest BCUT2D eigenvalue weighted by Crippen LogP contribution is 2.41. The lowest BCUT2D eigenvalue weighted by molar-refractivity contribution is 0.0898. The van der Waals surface area contributed by atoms with E-state index < -0.39 is 5.67 Å². The molecule has 16 heavy (non-hydrogen) atoms. The topological polar surface area (TPSA) is 26.0 Å². The monoisotopic (exact) mass is 221 g/mol. The van der Waals surface area contributed by atoms with Crippen molar-refractivity contribution in [2.45, 2.75) is 50.7 Å². The molecule has 2 N–H and O–H groups in total. The summed E-state index contributed by atoms with van der Waals surface area (Å²) in [6.07, 6.45) is 2.61. The van der Waals surface area contributed by atoms with E-state index in [1.165, 1.54) is 5.56 Å². The van der Waals surface area contributed by atoms with Gasteiger partial charge in [-0.3, -0.25) is 0 Å². The quantitative estimate of drug-likeness (QED) is 0.772. The molecule has 1 aliphatic carbocycles. The zero-order valence-electron chi connectivity index (χ0n) is 10.1. The second kappa shape index (κ2) is 3.85. The predicted molar refractivity (Wildman–Crippen MR) is 65.0 cm³/mol. The van der Waals surface area contributed by atoms with Crippen LogP contribution in [-0.4, -0.2) is 5.67 Å². The molecule has 2 rings (SSSR count). The Kier molecular flexibility index (Phi) is 2.79. The third-order valence-electron chi connectivity index (χ3n) is 3.81. The highest BCUT2D eigenvalue weighted by molar-refractivity contribution is 5.28. The SMILES string of the molecule is Cc1ccc(C2(N)CCC(C)(F)CC2)cc1. The number of aryl methyl sites for hydroxylation is 1. The van der Waals surface area contributed by atoms with Crippen LogP contribution in [0.25, 0.3) is 0 Å². The van der Waals surface area contributed by atoms with E-state index in [0.717, 1.165) is 18.4 Å². The van der Waals surface area contributed by atoms with E-state index in [0.29, 0.717) is 12.8 Å². The van der Waals surface area contributed by atoms with E-state index in [1.54, 1.807) is 6.92 Å². The first-order valence-corrected chi connectivity index (χ1v) is 5.96. The summed E-state index contributed by atoms with van der Waals surface area (Å²) >= 11 is 0. The van der Waals surface area contributed by atoms with Crippen molar-refractivity contribution in [1.82, 2.24) is 0 Å². The van der Waals surface area contributed by atoms with Crippen LogP contribution in [0.4, 0.5) is 4.39 Å². The van der Waals surface area contributed by atoms with Crippen molar-refractivity contribution in [2.24, 2.45) is 5.73 Å². The molecule has 0 spiro atoms. The van der Waals surface area contributed by atoms with Gasteiger partial charge in [0.05, 0.1) is 0 Å². The van der Waals surface area contributed by atoms with Gasteiger partial charge in [-0.2, -0.15) is 0 Å². The fraction of sp³-hybridized carbons (Fsp3) is 0.571. The molecular formula is C14H20FN. The molecule has 0 unspecified atom stereocenters. The zero-order chi connectivity index (χ0) is 11.8. The highest BCUT2D eigenvalue weighted by Gasteiger charge is 2.38. The maximum absolute atomic E-state index is 13.7. The lowest BCUT2D eigenvalue weighted by atomic mass is 9.72. The van der Waals surface area contributed by atoms with Crippen LogP contribution in [0.2, 0.25) is 0 Å². The van der Waals surface area contributed by atoms with Gasteiger partial charge in [0.25, 0.3) is 0 Å². The molecular weight excluding hydrogens is 201 g/mol. The minimum atomic E-state index is -1.02. The van der Waals surface area contributed by atoms with Gasteiger partial charge in [0.2, 0.25) is 0 Å². The molecule has 0 bridgehead atoms. The molecule has 1 nitrogen and oxygen atoms in total. The zero-order valence-corrected chi connectivity index (χ0v) is 10.1. The first-order chi connectivity index (χ1) is 7.41. The van der Waals surface area contributed by atoms with Crippen LogP contribution in [0.15, 0.2) is 24.3 Å². The Morgan fingerprint density at radius 1 is 1.06 bits per heavy atom. The number of halogens is 1. The van der Waals surface area contributed by atoms with Crippen molar-refractivity contribution >= 4 is 0 Å². The lowest BCUT2D eigenvalue weighted by Gasteiger charge is -2.39. The van der Waals surface area contributed by atoms with Gasteiger partial charge in [-0.15, -0.1) is 0 Å². The molecule has 88 valence electrons. The van der Waals surface area contributed by atoms with E-state index in [2.05, 4.69) is 31.2 Å². The summed E-state index contributed by atoms with van der Waals surface area (Å²) < 4.78 is 13.7. The van der Waals surface area contributed by atoms with Gasteiger partial charge in [-0.1, -0.05) is 29.8 Å². The molecule has 0 heterocycles. The first kappa shape index (κ1) is 11.6. The fourth-order valence-corrected chi connectivity index (χ4v) is 2.39. The number of benzene rings is 1. The molecule has 1 aromatic carbocycles. The Hall–Kier alpha value is -0.890. The van der Waals surface area contributed by atoms with Crippen LogP contribution in [0.5, 0.6) is 0 Å². The van der Waals surface area contributed by atoms with E-state index in [1.807, 2.05) is 0 Å². The van der Waals surface area contributed by atoms with Crippen LogP contribution < -0.4 is 5.73 Å². The van der Waals surface area contributed by atoms with E-state index in [-0.39, 0.29) is 5.54 Å². The van der Waals surface area contributed by atoms with Crippen LogP contribution >= 0.6 is 0 Å². The minimum Gasteiger partial charge on any atom is -0.321 e. The molecule has 1 aromatic rings. The van der Waals surface area contributed by atoms with Crippen LogP contribution in [0, 0.1) is 6.92 Å². The van der Waals surface area contributed by atoms with Crippen molar-refractivity contribution in [3.63, 3.8) is 0 Å². The number of nitrogens with two attached hydrogens (primary N) is 1. The summed E-state index contributed by atoms with van der Waals surface area (Å²) in [5.74, 6) is 0. The van der Waals surface area contributed by atoms with Crippen molar-refractivity contribution in [1.29, 1.82) is 0 Å². The predicted octanol–water partition coefficient (Wildman–Crippen LogP) is 3.45. The smallest absolute Gasteiger partial charge is 0.108 e. The molecule has 0 aliphatic heterocycles. The Bertz CT molecular complexity index is 357.